The van der Waals surface area contributed by atoms with E-state index in [9.17, 15) is 4.79 Å². The van der Waals surface area contributed by atoms with Gasteiger partial charge in [0.1, 0.15) is 18.0 Å². The van der Waals surface area contributed by atoms with Crippen molar-refractivity contribution in [2.45, 2.75) is 11.7 Å². The van der Waals surface area contributed by atoms with Crippen molar-refractivity contribution in [3.05, 3.63) is 18.1 Å². The number of carbonyl (C=O) groups excluding carboxylic acids is 1. The lowest BCUT2D eigenvalue weighted by Crippen LogP contribution is -2.26. The summed E-state index contributed by atoms with van der Waals surface area (Å²) in [5.41, 5.74) is 0.313. The standard InChI is InChI=1S/C9H8N4OS/c10-2-6-3-11-5-12-9(6)13-4-7(15)1-8(13)14/h3,5,7,15H,1,4H2. The predicted molar refractivity (Wildman–Crippen MR) is 56.5 cm³/mol. The van der Waals surface area contributed by atoms with Crippen LogP contribution in [0.1, 0.15) is 12.0 Å². The summed E-state index contributed by atoms with van der Waals surface area (Å²) in [5, 5.41) is 8.86. The lowest BCUT2D eigenvalue weighted by Gasteiger charge is -2.14. The summed E-state index contributed by atoms with van der Waals surface area (Å²) in [4.78, 5) is 20.7. The third-order valence-electron chi connectivity index (χ3n) is 2.17. The molecule has 0 N–H and O–H groups in total. The first-order valence-electron chi connectivity index (χ1n) is 4.41. The minimum Gasteiger partial charge on any atom is -0.294 e. The van der Waals surface area contributed by atoms with E-state index in [0.29, 0.717) is 24.3 Å². The van der Waals surface area contributed by atoms with Crippen molar-refractivity contribution >= 4 is 24.4 Å². The molecule has 15 heavy (non-hydrogen) atoms. The molecule has 6 heteroatoms. The van der Waals surface area contributed by atoms with Gasteiger partial charge < -0.3 is 0 Å². The Kier molecular flexibility index (Phi) is 2.56. The molecule has 1 fully saturated rings. The Hall–Kier alpha value is -1.61. The van der Waals surface area contributed by atoms with Gasteiger partial charge in [0.15, 0.2) is 5.82 Å². The number of nitriles is 1. The van der Waals surface area contributed by atoms with Crippen LogP contribution in [0.2, 0.25) is 0 Å². The molecule has 1 unspecified atom stereocenters. The van der Waals surface area contributed by atoms with Crippen LogP contribution in [0.15, 0.2) is 12.5 Å². The van der Waals surface area contributed by atoms with Gasteiger partial charge in [-0.2, -0.15) is 17.9 Å². The van der Waals surface area contributed by atoms with Crippen molar-refractivity contribution in [3.63, 3.8) is 0 Å². The van der Waals surface area contributed by atoms with Gasteiger partial charge in [0, 0.05) is 18.2 Å². The Morgan fingerprint density at radius 3 is 3.07 bits per heavy atom. The van der Waals surface area contributed by atoms with Crippen LogP contribution in [-0.4, -0.2) is 27.7 Å². The molecule has 1 aromatic heterocycles. The molecule has 0 aromatic carbocycles. The predicted octanol–water partition coefficient (Wildman–Crippen LogP) is 0.383. The van der Waals surface area contributed by atoms with Gasteiger partial charge in [-0.15, -0.1) is 0 Å². The number of rotatable bonds is 1. The fourth-order valence-corrected chi connectivity index (χ4v) is 1.83. The molecule has 0 radical (unpaired) electrons. The lowest BCUT2D eigenvalue weighted by molar-refractivity contribution is -0.117. The second kappa shape index (κ2) is 3.87. The Bertz CT molecular complexity index is 442. The molecule has 1 atom stereocenters. The van der Waals surface area contributed by atoms with E-state index in [1.54, 1.807) is 0 Å². The molecule has 76 valence electrons. The monoisotopic (exact) mass is 220 g/mol. The molecule has 1 aliphatic heterocycles. The smallest absolute Gasteiger partial charge is 0.229 e. The minimum absolute atomic E-state index is 0.0130. The van der Waals surface area contributed by atoms with Crippen LogP contribution < -0.4 is 4.90 Å². The first-order chi connectivity index (χ1) is 7.22. The van der Waals surface area contributed by atoms with Crippen molar-refractivity contribution in [2.24, 2.45) is 0 Å². The molecule has 0 bridgehead atoms. The Labute approximate surface area is 92.2 Å². The van der Waals surface area contributed by atoms with Gasteiger partial charge in [-0.25, -0.2) is 9.97 Å². The summed E-state index contributed by atoms with van der Waals surface area (Å²) in [6.45, 7) is 0.494. The molecule has 0 spiro atoms. The highest BCUT2D eigenvalue weighted by molar-refractivity contribution is 7.81. The molecular formula is C9H8N4OS. The zero-order valence-corrected chi connectivity index (χ0v) is 8.69. The molecule has 2 heterocycles. The highest BCUT2D eigenvalue weighted by atomic mass is 32.1. The van der Waals surface area contributed by atoms with Gasteiger partial charge in [0.05, 0.1) is 6.20 Å². The minimum atomic E-state index is -0.0507. The number of hydrogen-bond donors (Lipinski definition) is 1. The highest BCUT2D eigenvalue weighted by Gasteiger charge is 2.30. The normalized spacial score (nSPS) is 20.4. The van der Waals surface area contributed by atoms with Crippen LogP contribution in [0, 0.1) is 11.3 Å². The summed E-state index contributed by atoms with van der Waals surface area (Å²) in [7, 11) is 0. The Morgan fingerprint density at radius 1 is 1.67 bits per heavy atom. The average Bonchev–Trinajstić information content (AvgIpc) is 2.57. The zero-order valence-electron chi connectivity index (χ0n) is 7.79. The van der Waals surface area contributed by atoms with E-state index in [1.807, 2.05) is 6.07 Å². The number of thiol groups is 1. The number of anilines is 1. The molecule has 2 rings (SSSR count). The Morgan fingerprint density at radius 2 is 2.47 bits per heavy atom. The van der Waals surface area contributed by atoms with E-state index in [2.05, 4.69) is 22.6 Å². The van der Waals surface area contributed by atoms with Crippen molar-refractivity contribution in [2.75, 3.05) is 11.4 Å². The quantitative estimate of drug-likeness (QED) is 0.695. The van der Waals surface area contributed by atoms with Crippen LogP contribution in [0.5, 0.6) is 0 Å². The summed E-state index contributed by atoms with van der Waals surface area (Å²) < 4.78 is 0. The van der Waals surface area contributed by atoms with E-state index >= 15 is 0 Å². The number of carbonyl (C=O) groups is 1. The molecule has 1 saturated heterocycles. The summed E-state index contributed by atoms with van der Waals surface area (Å²) in [5.74, 6) is 0.333. The van der Waals surface area contributed by atoms with E-state index in [4.69, 9.17) is 5.26 Å². The van der Waals surface area contributed by atoms with Crippen LogP contribution in [0.3, 0.4) is 0 Å². The van der Waals surface area contributed by atoms with Gasteiger partial charge in [-0.05, 0) is 0 Å². The molecule has 5 nitrogen and oxygen atoms in total. The average molecular weight is 220 g/mol. The molecule has 0 aliphatic carbocycles. The first kappa shape index (κ1) is 9.93. The number of hydrogen-bond acceptors (Lipinski definition) is 5. The van der Waals surface area contributed by atoms with Gasteiger partial charge >= 0.3 is 0 Å². The van der Waals surface area contributed by atoms with Crippen LogP contribution >= 0.6 is 12.6 Å². The largest absolute Gasteiger partial charge is 0.294 e. The van der Waals surface area contributed by atoms with Gasteiger partial charge in [-0.3, -0.25) is 9.69 Å². The van der Waals surface area contributed by atoms with E-state index < -0.39 is 0 Å². The summed E-state index contributed by atoms with van der Waals surface area (Å²) >= 11 is 4.24. The van der Waals surface area contributed by atoms with Crippen molar-refractivity contribution in [1.82, 2.24) is 9.97 Å². The molecule has 1 amide bonds. The SMILES string of the molecule is N#Cc1cncnc1N1CC(S)CC1=O. The summed E-state index contributed by atoms with van der Waals surface area (Å²) in [6.07, 6.45) is 3.12. The van der Waals surface area contributed by atoms with E-state index in [0.717, 1.165) is 0 Å². The van der Waals surface area contributed by atoms with Crippen LogP contribution in [0.4, 0.5) is 5.82 Å². The van der Waals surface area contributed by atoms with Crippen LogP contribution in [-0.2, 0) is 4.79 Å². The lowest BCUT2D eigenvalue weighted by atomic mass is 10.3. The van der Waals surface area contributed by atoms with Crippen LogP contribution in [0.25, 0.3) is 0 Å². The second-order valence-corrected chi connectivity index (χ2v) is 3.96. The number of nitrogens with zero attached hydrogens (tertiary/aromatic N) is 4. The van der Waals surface area contributed by atoms with E-state index in [1.165, 1.54) is 17.4 Å². The fourth-order valence-electron chi connectivity index (χ4n) is 1.51. The number of aromatic nitrogens is 2. The highest BCUT2D eigenvalue weighted by Crippen LogP contribution is 2.24. The van der Waals surface area contributed by atoms with Crippen molar-refractivity contribution < 1.29 is 4.79 Å². The van der Waals surface area contributed by atoms with Crippen molar-refractivity contribution in [1.29, 1.82) is 5.26 Å². The van der Waals surface area contributed by atoms with Gasteiger partial charge in [0.25, 0.3) is 0 Å². The third-order valence-corrected chi connectivity index (χ3v) is 2.52. The number of amides is 1. The molecular weight excluding hydrogens is 212 g/mol. The fraction of sp³-hybridized carbons (Fsp3) is 0.333. The molecule has 1 aliphatic rings. The zero-order chi connectivity index (χ0) is 10.8. The van der Waals surface area contributed by atoms with Crippen molar-refractivity contribution in [3.8, 4) is 6.07 Å². The maximum absolute atomic E-state index is 11.6. The molecule has 0 saturated carbocycles. The maximum Gasteiger partial charge on any atom is 0.229 e. The summed E-state index contributed by atoms with van der Waals surface area (Å²) in [6, 6.07) is 1.96. The topological polar surface area (TPSA) is 69.9 Å². The van der Waals surface area contributed by atoms with E-state index in [-0.39, 0.29) is 11.2 Å². The second-order valence-electron chi connectivity index (χ2n) is 3.23. The van der Waals surface area contributed by atoms with Gasteiger partial charge in [0.2, 0.25) is 5.91 Å². The third kappa shape index (κ3) is 1.78. The van der Waals surface area contributed by atoms with Gasteiger partial charge in [-0.1, -0.05) is 0 Å². The maximum atomic E-state index is 11.6. The Balaban J connectivity index is 2.38. The molecule has 1 aromatic rings. The first-order valence-corrected chi connectivity index (χ1v) is 4.92.